The van der Waals surface area contributed by atoms with Gasteiger partial charge in [-0.05, 0) is 23.6 Å². The maximum Gasteiger partial charge on any atom is 0.339 e. The second kappa shape index (κ2) is 10.3. The number of rotatable bonds is 8. The zero-order chi connectivity index (χ0) is 20.5. The first kappa shape index (κ1) is 21.2. The maximum atomic E-state index is 12.6. The number of para-hydroxylation sites is 1. The number of ether oxygens (including phenoxy) is 2. The summed E-state index contributed by atoms with van der Waals surface area (Å²) in [6, 6.07) is 15.9. The second-order valence-corrected chi connectivity index (χ2v) is 6.47. The molecule has 28 heavy (non-hydrogen) atoms. The zero-order valence-corrected chi connectivity index (χ0v) is 16.3. The maximum absolute atomic E-state index is 12.6. The number of nitrogens with one attached hydrogen (secondary N) is 1. The van der Waals surface area contributed by atoms with Crippen LogP contribution < -0.4 is 5.32 Å². The van der Waals surface area contributed by atoms with Gasteiger partial charge >= 0.3 is 11.9 Å². The molecule has 6 nitrogen and oxygen atoms in total. The van der Waals surface area contributed by atoms with Gasteiger partial charge in [0.2, 0.25) is 0 Å². The van der Waals surface area contributed by atoms with Crippen LogP contribution in [0.4, 0.5) is 5.69 Å². The van der Waals surface area contributed by atoms with Crippen molar-refractivity contribution in [3.63, 3.8) is 0 Å². The number of esters is 2. The normalized spacial score (nSPS) is 12.5. The first-order chi connectivity index (χ1) is 13.5. The molecule has 0 bridgehead atoms. The molecule has 0 saturated carbocycles. The third kappa shape index (κ3) is 5.42. The van der Waals surface area contributed by atoms with Gasteiger partial charge in [0.1, 0.15) is 0 Å². The van der Waals surface area contributed by atoms with Crippen molar-refractivity contribution in [2.24, 2.45) is 5.92 Å². The third-order valence-corrected chi connectivity index (χ3v) is 4.58. The molecular formula is C22H25NO5. The van der Waals surface area contributed by atoms with Crippen molar-refractivity contribution in [2.45, 2.75) is 26.2 Å². The molecule has 0 radical (unpaired) electrons. The first-order valence-corrected chi connectivity index (χ1v) is 9.16. The fourth-order valence-electron chi connectivity index (χ4n) is 2.89. The summed E-state index contributed by atoms with van der Waals surface area (Å²) in [6.07, 6.45) is 0.799. The predicted octanol–water partition coefficient (Wildman–Crippen LogP) is 3.78. The summed E-state index contributed by atoms with van der Waals surface area (Å²) >= 11 is 0. The summed E-state index contributed by atoms with van der Waals surface area (Å²) in [5.41, 5.74) is 1.39. The highest BCUT2D eigenvalue weighted by Gasteiger charge is 2.28. The number of carbonyl (C=O) groups is 3. The van der Waals surface area contributed by atoms with E-state index in [1.54, 1.807) is 24.3 Å². The molecule has 1 amide bonds. The Morgan fingerprint density at radius 2 is 1.64 bits per heavy atom. The highest BCUT2D eigenvalue weighted by molar-refractivity contribution is 6.01. The Balaban J connectivity index is 2.03. The molecule has 0 fully saturated rings. The van der Waals surface area contributed by atoms with Crippen LogP contribution in [0.5, 0.6) is 0 Å². The quantitative estimate of drug-likeness (QED) is 0.702. The summed E-state index contributed by atoms with van der Waals surface area (Å²) in [4.78, 5) is 36.7. The van der Waals surface area contributed by atoms with E-state index in [0.29, 0.717) is 5.69 Å². The van der Waals surface area contributed by atoms with Gasteiger partial charge in [-0.2, -0.15) is 0 Å². The van der Waals surface area contributed by atoms with Crippen molar-refractivity contribution < 1.29 is 23.9 Å². The van der Waals surface area contributed by atoms with E-state index in [4.69, 9.17) is 9.47 Å². The SMILES string of the molecule is CC[C@@H](C)[C@@H](C(=O)OCC(=O)Nc1ccccc1C(=O)OC)c1ccccc1. The average Bonchev–Trinajstić information content (AvgIpc) is 2.73. The van der Waals surface area contributed by atoms with Crippen LogP contribution in [-0.4, -0.2) is 31.6 Å². The van der Waals surface area contributed by atoms with Crippen LogP contribution in [0, 0.1) is 5.92 Å². The lowest BCUT2D eigenvalue weighted by Crippen LogP contribution is -2.27. The van der Waals surface area contributed by atoms with Crippen LogP contribution in [-0.2, 0) is 19.1 Å². The Labute approximate surface area is 164 Å². The van der Waals surface area contributed by atoms with E-state index < -0.39 is 30.4 Å². The van der Waals surface area contributed by atoms with Gasteiger partial charge in [0.05, 0.1) is 24.3 Å². The number of benzene rings is 2. The molecule has 0 aromatic heterocycles. The van der Waals surface area contributed by atoms with Crippen molar-refractivity contribution in [3.05, 3.63) is 65.7 Å². The van der Waals surface area contributed by atoms with Crippen LogP contribution in [0.2, 0.25) is 0 Å². The molecule has 148 valence electrons. The summed E-state index contributed by atoms with van der Waals surface area (Å²) in [5, 5.41) is 2.59. The Hall–Kier alpha value is -3.15. The Bertz CT molecular complexity index is 819. The van der Waals surface area contributed by atoms with Crippen LogP contribution in [0.25, 0.3) is 0 Å². The number of anilines is 1. The van der Waals surface area contributed by atoms with Crippen molar-refractivity contribution in [1.29, 1.82) is 0 Å². The van der Waals surface area contributed by atoms with Gasteiger partial charge in [-0.1, -0.05) is 62.7 Å². The van der Waals surface area contributed by atoms with Crippen molar-refractivity contribution in [3.8, 4) is 0 Å². The standard InChI is InChI=1S/C22H25NO5/c1-4-15(2)20(16-10-6-5-7-11-16)22(26)28-14-19(24)23-18-13-9-8-12-17(18)21(25)27-3/h5-13,15,20H,4,14H2,1-3H3,(H,23,24)/t15-,20-/m1/s1. The minimum Gasteiger partial charge on any atom is -0.465 e. The molecule has 0 aliphatic carbocycles. The molecule has 6 heteroatoms. The smallest absolute Gasteiger partial charge is 0.339 e. The van der Waals surface area contributed by atoms with E-state index in [1.807, 2.05) is 44.2 Å². The van der Waals surface area contributed by atoms with E-state index >= 15 is 0 Å². The van der Waals surface area contributed by atoms with E-state index in [9.17, 15) is 14.4 Å². The lowest BCUT2D eigenvalue weighted by atomic mass is 9.86. The molecule has 2 aromatic carbocycles. The molecular weight excluding hydrogens is 358 g/mol. The fraction of sp³-hybridized carbons (Fsp3) is 0.318. The summed E-state index contributed by atoms with van der Waals surface area (Å²) in [6.45, 7) is 3.55. The van der Waals surface area contributed by atoms with Gasteiger partial charge in [-0.25, -0.2) is 4.79 Å². The molecule has 2 atom stereocenters. The number of carbonyl (C=O) groups excluding carboxylic acids is 3. The van der Waals surface area contributed by atoms with Gasteiger partial charge in [0, 0.05) is 0 Å². The molecule has 0 saturated heterocycles. The monoisotopic (exact) mass is 383 g/mol. The van der Waals surface area contributed by atoms with Gasteiger partial charge in [-0.3, -0.25) is 9.59 Å². The van der Waals surface area contributed by atoms with Gasteiger partial charge in [0.25, 0.3) is 5.91 Å². The van der Waals surface area contributed by atoms with E-state index in [2.05, 4.69) is 5.32 Å². The van der Waals surface area contributed by atoms with Crippen LogP contribution >= 0.6 is 0 Å². The molecule has 0 unspecified atom stereocenters. The van der Waals surface area contributed by atoms with Gasteiger partial charge < -0.3 is 14.8 Å². The average molecular weight is 383 g/mol. The number of hydrogen-bond donors (Lipinski definition) is 1. The topological polar surface area (TPSA) is 81.7 Å². The van der Waals surface area contributed by atoms with E-state index in [-0.39, 0.29) is 11.5 Å². The molecule has 1 N–H and O–H groups in total. The first-order valence-electron chi connectivity index (χ1n) is 9.16. The molecule has 0 aliphatic rings. The summed E-state index contributed by atoms with van der Waals surface area (Å²) in [7, 11) is 1.27. The second-order valence-electron chi connectivity index (χ2n) is 6.47. The molecule has 2 rings (SSSR count). The molecule has 0 heterocycles. The largest absolute Gasteiger partial charge is 0.465 e. The minimum absolute atomic E-state index is 0.0676. The van der Waals surface area contributed by atoms with Crippen LogP contribution in [0.3, 0.4) is 0 Å². The molecule has 0 spiro atoms. The van der Waals surface area contributed by atoms with Crippen molar-refractivity contribution >= 4 is 23.5 Å². The van der Waals surface area contributed by atoms with E-state index in [1.165, 1.54) is 7.11 Å². The highest BCUT2D eigenvalue weighted by atomic mass is 16.5. The number of amides is 1. The molecule has 0 aliphatic heterocycles. The lowest BCUT2D eigenvalue weighted by molar-refractivity contribution is -0.150. The van der Waals surface area contributed by atoms with Crippen LogP contribution in [0.15, 0.2) is 54.6 Å². The lowest BCUT2D eigenvalue weighted by Gasteiger charge is -2.21. The predicted molar refractivity (Wildman–Crippen MR) is 106 cm³/mol. The van der Waals surface area contributed by atoms with Crippen LogP contribution in [0.1, 0.15) is 42.1 Å². The Morgan fingerprint density at radius 1 is 1.00 bits per heavy atom. The Kier molecular flexibility index (Phi) is 7.75. The third-order valence-electron chi connectivity index (χ3n) is 4.58. The highest BCUT2D eigenvalue weighted by Crippen LogP contribution is 2.28. The number of methoxy groups -OCH3 is 1. The Morgan fingerprint density at radius 3 is 2.29 bits per heavy atom. The van der Waals surface area contributed by atoms with Crippen molar-refractivity contribution in [2.75, 3.05) is 19.0 Å². The summed E-state index contributed by atoms with van der Waals surface area (Å²) < 4.78 is 9.98. The van der Waals surface area contributed by atoms with Gasteiger partial charge in [0.15, 0.2) is 6.61 Å². The number of hydrogen-bond acceptors (Lipinski definition) is 5. The van der Waals surface area contributed by atoms with Crippen molar-refractivity contribution in [1.82, 2.24) is 0 Å². The minimum atomic E-state index is -0.561. The molecule has 2 aromatic rings. The fourth-order valence-corrected chi connectivity index (χ4v) is 2.89. The van der Waals surface area contributed by atoms with Gasteiger partial charge in [-0.15, -0.1) is 0 Å². The summed E-state index contributed by atoms with van der Waals surface area (Å²) in [5.74, 6) is -1.91. The zero-order valence-electron chi connectivity index (χ0n) is 16.3. The van der Waals surface area contributed by atoms with E-state index in [0.717, 1.165) is 12.0 Å².